The third-order valence-electron chi connectivity index (χ3n) is 4.83. The number of hydrogen-bond donors (Lipinski definition) is 2. The maximum atomic E-state index is 13.1. The fraction of sp³-hybridized carbons (Fsp3) is 0.200. The van der Waals surface area contributed by atoms with E-state index in [1.54, 1.807) is 67.6 Å². The van der Waals surface area contributed by atoms with Crippen LogP contribution in [0.25, 0.3) is 0 Å². The van der Waals surface area contributed by atoms with Crippen LogP contribution in [0.4, 0.5) is 11.4 Å². The first-order valence-electron chi connectivity index (χ1n) is 10.9. The average molecular weight is 498 g/mol. The van der Waals surface area contributed by atoms with Gasteiger partial charge in [0.2, 0.25) is 0 Å². The second-order valence-corrected chi connectivity index (χ2v) is 9.58. The fourth-order valence-corrected chi connectivity index (χ4v) is 4.89. The molecule has 0 unspecified atom stereocenters. The van der Waals surface area contributed by atoms with Gasteiger partial charge in [-0.25, -0.2) is 8.42 Å². The van der Waals surface area contributed by atoms with Crippen molar-refractivity contribution in [3.05, 3.63) is 84.4 Å². The molecule has 0 heterocycles. The minimum Gasteiger partial charge on any atom is -0.494 e. The van der Waals surface area contributed by atoms with Crippen LogP contribution in [0.15, 0.2) is 83.8 Å². The van der Waals surface area contributed by atoms with E-state index in [1.807, 2.05) is 13.0 Å². The number of anilines is 2. The second-order valence-electron chi connectivity index (χ2n) is 7.31. The lowest BCUT2D eigenvalue weighted by Gasteiger charge is -2.23. The van der Waals surface area contributed by atoms with Crippen molar-refractivity contribution in [1.82, 2.24) is 5.32 Å². The standard InChI is InChI=1S/C25H27N3O4S2/c1-3-17-32-22-12-8-9-19(18-22)24(29)27-25(33)26-20-13-15-23(16-14-20)34(30,31)28(4-2)21-10-6-5-7-11-21/h5-16,18H,3-4,17H2,1-2H3,(H2,26,27,29,33). The number of thiocarbonyl (C=S) groups is 1. The van der Waals surface area contributed by atoms with Gasteiger partial charge in [0.1, 0.15) is 5.75 Å². The van der Waals surface area contributed by atoms with E-state index in [2.05, 4.69) is 10.6 Å². The van der Waals surface area contributed by atoms with Crippen molar-refractivity contribution in [2.24, 2.45) is 0 Å². The summed E-state index contributed by atoms with van der Waals surface area (Å²) in [6, 6.07) is 22.0. The van der Waals surface area contributed by atoms with E-state index in [9.17, 15) is 13.2 Å². The number of sulfonamides is 1. The van der Waals surface area contributed by atoms with Crippen LogP contribution in [0.2, 0.25) is 0 Å². The summed E-state index contributed by atoms with van der Waals surface area (Å²) in [5, 5.41) is 5.62. The summed E-state index contributed by atoms with van der Waals surface area (Å²) in [6.07, 6.45) is 0.868. The molecular formula is C25H27N3O4S2. The van der Waals surface area contributed by atoms with Crippen LogP contribution in [0.5, 0.6) is 5.75 Å². The summed E-state index contributed by atoms with van der Waals surface area (Å²) in [5.41, 5.74) is 1.56. The Labute approximate surface area is 205 Å². The lowest BCUT2D eigenvalue weighted by molar-refractivity contribution is 0.0977. The second kappa shape index (κ2) is 11.6. The number of carbonyl (C=O) groups is 1. The Morgan fingerprint density at radius 1 is 0.971 bits per heavy atom. The van der Waals surface area contributed by atoms with E-state index >= 15 is 0 Å². The lowest BCUT2D eigenvalue weighted by Crippen LogP contribution is -2.34. The summed E-state index contributed by atoms with van der Waals surface area (Å²) < 4.78 is 33.1. The number of para-hydroxylation sites is 1. The molecule has 7 nitrogen and oxygen atoms in total. The van der Waals surface area contributed by atoms with Crippen molar-refractivity contribution >= 4 is 44.6 Å². The summed E-state index contributed by atoms with van der Waals surface area (Å²) in [7, 11) is -3.72. The molecule has 34 heavy (non-hydrogen) atoms. The molecule has 0 aliphatic carbocycles. The van der Waals surface area contributed by atoms with Gasteiger partial charge in [0.15, 0.2) is 5.11 Å². The van der Waals surface area contributed by atoms with E-state index in [0.717, 1.165) is 6.42 Å². The number of ether oxygens (including phenoxy) is 1. The minimum absolute atomic E-state index is 0.0972. The zero-order valence-electron chi connectivity index (χ0n) is 19.0. The largest absolute Gasteiger partial charge is 0.494 e. The molecule has 2 N–H and O–H groups in total. The molecule has 3 rings (SSSR count). The number of nitrogens with zero attached hydrogens (tertiary/aromatic N) is 1. The minimum atomic E-state index is -3.72. The summed E-state index contributed by atoms with van der Waals surface area (Å²) in [5.74, 6) is 0.238. The van der Waals surface area contributed by atoms with E-state index in [0.29, 0.717) is 35.8 Å². The Kier molecular flexibility index (Phi) is 8.61. The van der Waals surface area contributed by atoms with Gasteiger partial charge in [0, 0.05) is 17.8 Å². The summed E-state index contributed by atoms with van der Waals surface area (Å²) in [4.78, 5) is 12.7. The molecule has 0 atom stereocenters. The number of nitrogens with one attached hydrogen (secondary N) is 2. The lowest BCUT2D eigenvalue weighted by atomic mass is 10.2. The van der Waals surface area contributed by atoms with Crippen molar-refractivity contribution in [2.75, 3.05) is 22.8 Å². The zero-order chi connectivity index (χ0) is 24.6. The first kappa shape index (κ1) is 25.2. The van der Waals surface area contributed by atoms with E-state index in [-0.39, 0.29) is 15.9 Å². The molecule has 0 fully saturated rings. The van der Waals surface area contributed by atoms with Crippen LogP contribution < -0.4 is 19.7 Å². The molecule has 178 valence electrons. The van der Waals surface area contributed by atoms with Gasteiger partial charge in [0.05, 0.1) is 17.2 Å². The molecular weight excluding hydrogens is 470 g/mol. The predicted octanol–water partition coefficient (Wildman–Crippen LogP) is 4.82. The van der Waals surface area contributed by atoms with Crippen LogP contribution in [-0.2, 0) is 10.0 Å². The van der Waals surface area contributed by atoms with Crippen molar-refractivity contribution in [3.63, 3.8) is 0 Å². The predicted molar refractivity (Wildman–Crippen MR) is 139 cm³/mol. The smallest absolute Gasteiger partial charge is 0.264 e. The molecule has 9 heteroatoms. The van der Waals surface area contributed by atoms with Crippen LogP contribution in [0, 0.1) is 0 Å². The summed E-state index contributed by atoms with van der Waals surface area (Å²) in [6.45, 7) is 4.66. The van der Waals surface area contributed by atoms with Crippen LogP contribution in [0.3, 0.4) is 0 Å². The normalized spacial score (nSPS) is 10.9. The van der Waals surface area contributed by atoms with E-state index in [4.69, 9.17) is 17.0 Å². The van der Waals surface area contributed by atoms with E-state index < -0.39 is 10.0 Å². The highest BCUT2D eigenvalue weighted by Crippen LogP contribution is 2.24. The van der Waals surface area contributed by atoms with Crippen LogP contribution in [-0.4, -0.2) is 32.6 Å². The molecule has 0 saturated heterocycles. The van der Waals surface area contributed by atoms with Crippen molar-refractivity contribution in [2.45, 2.75) is 25.2 Å². The molecule has 0 spiro atoms. The topological polar surface area (TPSA) is 87.7 Å². The Hall–Kier alpha value is -3.43. The third-order valence-corrected chi connectivity index (χ3v) is 6.95. The van der Waals surface area contributed by atoms with Gasteiger partial charge in [-0.1, -0.05) is 31.2 Å². The van der Waals surface area contributed by atoms with Gasteiger partial charge in [-0.2, -0.15) is 0 Å². The Morgan fingerprint density at radius 2 is 1.68 bits per heavy atom. The maximum Gasteiger partial charge on any atom is 0.264 e. The molecule has 0 saturated carbocycles. The molecule has 0 bridgehead atoms. The maximum absolute atomic E-state index is 13.1. The molecule has 0 radical (unpaired) electrons. The molecule has 3 aromatic rings. The summed E-state index contributed by atoms with van der Waals surface area (Å²) >= 11 is 5.24. The quantitative estimate of drug-likeness (QED) is 0.412. The van der Waals surface area contributed by atoms with Gasteiger partial charge in [-0.3, -0.25) is 14.4 Å². The first-order valence-corrected chi connectivity index (χ1v) is 12.7. The highest BCUT2D eigenvalue weighted by molar-refractivity contribution is 7.92. The Balaban J connectivity index is 1.65. The van der Waals surface area contributed by atoms with Gasteiger partial charge < -0.3 is 10.1 Å². The van der Waals surface area contributed by atoms with Crippen LogP contribution >= 0.6 is 12.2 Å². The fourth-order valence-electron chi connectivity index (χ4n) is 3.21. The van der Waals surface area contributed by atoms with Gasteiger partial charge >= 0.3 is 0 Å². The molecule has 0 aromatic heterocycles. The van der Waals surface area contributed by atoms with Crippen LogP contribution in [0.1, 0.15) is 30.6 Å². The SMILES string of the molecule is CCCOc1cccc(C(=O)NC(=S)Nc2ccc(S(=O)(=O)N(CC)c3ccccc3)cc2)c1. The number of hydrogen-bond acceptors (Lipinski definition) is 5. The van der Waals surface area contributed by atoms with Crippen molar-refractivity contribution in [1.29, 1.82) is 0 Å². The molecule has 1 amide bonds. The number of carbonyl (C=O) groups excluding carboxylic acids is 1. The monoisotopic (exact) mass is 497 g/mol. The zero-order valence-corrected chi connectivity index (χ0v) is 20.7. The van der Waals surface area contributed by atoms with Gasteiger partial charge in [0.25, 0.3) is 15.9 Å². The van der Waals surface area contributed by atoms with Crippen molar-refractivity contribution in [3.8, 4) is 5.75 Å². The molecule has 0 aliphatic heterocycles. The molecule has 0 aliphatic rings. The average Bonchev–Trinajstić information content (AvgIpc) is 2.84. The van der Waals surface area contributed by atoms with Crippen molar-refractivity contribution < 1.29 is 17.9 Å². The Bertz CT molecular complexity index is 1230. The van der Waals surface area contributed by atoms with Gasteiger partial charge in [-0.05, 0) is 80.2 Å². The highest BCUT2D eigenvalue weighted by atomic mass is 32.2. The number of rotatable bonds is 9. The highest BCUT2D eigenvalue weighted by Gasteiger charge is 2.23. The van der Waals surface area contributed by atoms with E-state index in [1.165, 1.54) is 16.4 Å². The third kappa shape index (κ3) is 6.33. The Morgan fingerprint density at radius 3 is 2.32 bits per heavy atom. The first-order chi connectivity index (χ1) is 16.3. The number of benzene rings is 3. The van der Waals surface area contributed by atoms with Gasteiger partial charge in [-0.15, -0.1) is 0 Å². The molecule has 3 aromatic carbocycles. The number of amides is 1.